The number of hydrogen-bond acceptors (Lipinski definition) is 2. The average Bonchev–Trinajstić information content (AvgIpc) is 2.58. The van der Waals surface area contributed by atoms with Crippen molar-refractivity contribution in [2.45, 2.75) is 6.92 Å². The van der Waals surface area contributed by atoms with Gasteiger partial charge < -0.3 is 0 Å². The van der Waals surface area contributed by atoms with Crippen molar-refractivity contribution >= 4 is 21.5 Å². The van der Waals surface area contributed by atoms with Crippen molar-refractivity contribution in [1.82, 2.24) is 9.78 Å². The zero-order valence-corrected chi connectivity index (χ0v) is 12.2. The van der Waals surface area contributed by atoms with Gasteiger partial charge in [-0.25, -0.2) is 0 Å². The van der Waals surface area contributed by atoms with E-state index in [2.05, 4.69) is 5.10 Å². The van der Waals surface area contributed by atoms with Crippen molar-refractivity contribution in [2.24, 2.45) is 0 Å². The summed E-state index contributed by atoms with van der Waals surface area (Å²) < 4.78 is 1.51. The van der Waals surface area contributed by atoms with Crippen LogP contribution in [-0.4, -0.2) is 9.78 Å². The van der Waals surface area contributed by atoms with Crippen LogP contribution in [0.1, 0.15) is 5.69 Å². The molecule has 4 aromatic rings. The molecule has 3 nitrogen and oxygen atoms in total. The van der Waals surface area contributed by atoms with Gasteiger partial charge in [-0.05, 0) is 24.4 Å². The highest BCUT2D eigenvalue weighted by molar-refractivity contribution is 5.90. The summed E-state index contributed by atoms with van der Waals surface area (Å²) in [7, 11) is 0. The van der Waals surface area contributed by atoms with Crippen LogP contribution in [0.15, 0.2) is 71.5 Å². The molecule has 0 saturated heterocycles. The van der Waals surface area contributed by atoms with E-state index in [1.54, 1.807) is 0 Å². The molecule has 3 aromatic carbocycles. The van der Waals surface area contributed by atoms with Gasteiger partial charge in [0.2, 0.25) is 0 Å². The average molecular weight is 286 g/mol. The molecule has 0 unspecified atom stereocenters. The Morgan fingerprint density at radius 2 is 1.41 bits per heavy atom. The first-order chi connectivity index (χ1) is 10.8. The first-order valence-electron chi connectivity index (χ1n) is 7.22. The topological polar surface area (TPSA) is 34.9 Å². The second kappa shape index (κ2) is 4.81. The zero-order valence-electron chi connectivity index (χ0n) is 12.2. The van der Waals surface area contributed by atoms with Crippen LogP contribution in [0.3, 0.4) is 0 Å². The van der Waals surface area contributed by atoms with Crippen LogP contribution in [-0.2, 0) is 0 Å². The molecule has 0 aliphatic heterocycles. The van der Waals surface area contributed by atoms with Crippen molar-refractivity contribution in [2.75, 3.05) is 0 Å². The number of aromatic nitrogens is 2. The summed E-state index contributed by atoms with van der Waals surface area (Å²) in [6, 6.07) is 21.6. The van der Waals surface area contributed by atoms with Gasteiger partial charge in [-0.1, -0.05) is 54.6 Å². The number of nitrogens with zero attached hydrogens (tertiary/aromatic N) is 2. The molecule has 0 saturated carbocycles. The van der Waals surface area contributed by atoms with Gasteiger partial charge in [0, 0.05) is 10.8 Å². The number of rotatable bonds is 1. The largest absolute Gasteiger partial charge is 0.279 e. The highest BCUT2D eigenvalue weighted by atomic mass is 16.1. The fourth-order valence-corrected chi connectivity index (χ4v) is 2.90. The summed E-state index contributed by atoms with van der Waals surface area (Å²) in [5.74, 6) is 0. The second-order valence-electron chi connectivity index (χ2n) is 5.35. The van der Waals surface area contributed by atoms with E-state index in [1.807, 2.05) is 73.7 Å². The molecule has 1 heterocycles. The Morgan fingerprint density at radius 3 is 2.23 bits per heavy atom. The molecule has 0 N–H and O–H groups in total. The second-order valence-corrected chi connectivity index (χ2v) is 5.35. The van der Waals surface area contributed by atoms with E-state index in [0.717, 1.165) is 27.5 Å². The molecule has 0 spiro atoms. The van der Waals surface area contributed by atoms with Crippen LogP contribution in [0.4, 0.5) is 0 Å². The minimum absolute atomic E-state index is 0.0856. The van der Waals surface area contributed by atoms with Crippen LogP contribution in [0.2, 0.25) is 0 Å². The maximum Gasteiger partial charge on any atom is 0.279 e. The SMILES string of the molecule is Cc1nn(-c2cccc3ccccc23)c(=O)c2ccccc12. The van der Waals surface area contributed by atoms with E-state index < -0.39 is 0 Å². The van der Waals surface area contributed by atoms with Gasteiger partial charge in [-0.2, -0.15) is 9.78 Å². The lowest BCUT2D eigenvalue weighted by molar-refractivity contribution is 0.806. The van der Waals surface area contributed by atoms with Gasteiger partial charge >= 0.3 is 0 Å². The quantitative estimate of drug-likeness (QED) is 0.533. The van der Waals surface area contributed by atoms with Crippen LogP contribution >= 0.6 is 0 Å². The Labute approximate surface area is 127 Å². The Hall–Kier alpha value is -2.94. The van der Waals surface area contributed by atoms with Gasteiger partial charge in [-0.15, -0.1) is 0 Å². The smallest absolute Gasteiger partial charge is 0.267 e. The summed E-state index contributed by atoms with van der Waals surface area (Å²) in [5.41, 5.74) is 1.58. The van der Waals surface area contributed by atoms with E-state index in [-0.39, 0.29) is 5.56 Å². The van der Waals surface area contributed by atoms with Gasteiger partial charge in [-0.3, -0.25) is 4.79 Å². The number of benzene rings is 3. The van der Waals surface area contributed by atoms with Crippen molar-refractivity contribution in [3.63, 3.8) is 0 Å². The van der Waals surface area contributed by atoms with E-state index in [1.165, 1.54) is 4.68 Å². The summed E-state index contributed by atoms with van der Waals surface area (Å²) in [6.07, 6.45) is 0. The number of hydrogen-bond donors (Lipinski definition) is 0. The van der Waals surface area contributed by atoms with Crippen LogP contribution < -0.4 is 5.56 Å². The Morgan fingerprint density at radius 1 is 0.773 bits per heavy atom. The molecule has 22 heavy (non-hydrogen) atoms. The Kier molecular flexibility index (Phi) is 2.79. The maximum absolute atomic E-state index is 12.8. The highest BCUT2D eigenvalue weighted by Crippen LogP contribution is 2.21. The molecule has 0 atom stereocenters. The van der Waals surface area contributed by atoms with Gasteiger partial charge in [0.15, 0.2) is 0 Å². The molecule has 1 aromatic heterocycles. The van der Waals surface area contributed by atoms with E-state index >= 15 is 0 Å². The fraction of sp³-hybridized carbons (Fsp3) is 0.0526. The molecule has 0 radical (unpaired) electrons. The predicted molar refractivity (Wildman–Crippen MR) is 89.6 cm³/mol. The first kappa shape index (κ1) is 12.8. The fourth-order valence-electron chi connectivity index (χ4n) is 2.90. The van der Waals surface area contributed by atoms with E-state index in [4.69, 9.17) is 0 Å². The predicted octanol–water partition coefficient (Wildman–Crippen LogP) is 3.85. The molecule has 0 fully saturated rings. The lowest BCUT2D eigenvalue weighted by Gasteiger charge is -2.11. The standard InChI is InChI=1S/C19H14N2O/c1-13-15-9-4-5-11-17(15)19(22)21(20-13)18-12-6-8-14-7-2-3-10-16(14)18/h2-12H,1H3. The third-order valence-electron chi connectivity index (χ3n) is 3.98. The molecule has 3 heteroatoms. The maximum atomic E-state index is 12.8. The van der Waals surface area contributed by atoms with Crippen molar-refractivity contribution in [3.05, 3.63) is 82.8 Å². The minimum atomic E-state index is -0.0856. The van der Waals surface area contributed by atoms with Crippen LogP contribution in [0, 0.1) is 6.92 Å². The first-order valence-corrected chi connectivity index (χ1v) is 7.22. The summed E-state index contributed by atoms with van der Waals surface area (Å²) in [5, 5.41) is 8.25. The lowest BCUT2D eigenvalue weighted by Crippen LogP contribution is -2.22. The molecular formula is C19H14N2O. The zero-order chi connectivity index (χ0) is 15.1. The van der Waals surface area contributed by atoms with E-state index in [9.17, 15) is 4.79 Å². The lowest BCUT2D eigenvalue weighted by atomic mass is 10.1. The van der Waals surface area contributed by atoms with Gasteiger partial charge in [0.1, 0.15) is 0 Å². The summed E-state index contributed by atoms with van der Waals surface area (Å²) >= 11 is 0. The Bertz CT molecular complexity index is 1060. The monoisotopic (exact) mass is 286 g/mol. The van der Waals surface area contributed by atoms with Crippen LogP contribution in [0.25, 0.3) is 27.2 Å². The van der Waals surface area contributed by atoms with Crippen molar-refractivity contribution in [1.29, 1.82) is 0 Å². The summed E-state index contributed by atoms with van der Waals surface area (Å²) in [6.45, 7) is 1.93. The van der Waals surface area contributed by atoms with E-state index in [0.29, 0.717) is 5.39 Å². The molecule has 4 rings (SSSR count). The van der Waals surface area contributed by atoms with Crippen molar-refractivity contribution < 1.29 is 0 Å². The molecule has 0 bridgehead atoms. The van der Waals surface area contributed by atoms with Gasteiger partial charge in [0.05, 0.1) is 16.8 Å². The molecule has 106 valence electrons. The highest BCUT2D eigenvalue weighted by Gasteiger charge is 2.10. The summed E-state index contributed by atoms with van der Waals surface area (Å²) in [4.78, 5) is 12.8. The Balaban J connectivity index is 2.14. The third-order valence-corrected chi connectivity index (χ3v) is 3.98. The molecule has 0 aliphatic carbocycles. The number of aryl methyl sites for hydroxylation is 1. The molecule has 0 amide bonds. The van der Waals surface area contributed by atoms with Crippen molar-refractivity contribution in [3.8, 4) is 5.69 Å². The number of fused-ring (bicyclic) bond motifs is 2. The molecule has 0 aliphatic rings. The minimum Gasteiger partial charge on any atom is -0.267 e. The molecular weight excluding hydrogens is 272 g/mol. The van der Waals surface area contributed by atoms with Gasteiger partial charge in [0.25, 0.3) is 5.56 Å². The van der Waals surface area contributed by atoms with Crippen LogP contribution in [0.5, 0.6) is 0 Å². The third kappa shape index (κ3) is 1.83. The normalized spacial score (nSPS) is 11.1.